The molecular formula is C18H25IOS2. The first kappa shape index (κ1) is 20.0. The molecule has 1 aromatic carbocycles. The van der Waals surface area contributed by atoms with Crippen molar-refractivity contribution in [3.8, 4) is 0 Å². The van der Waals surface area contributed by atoms with Gasteiger partial charge in [-0.15, -0.1) is 0 Å². The normalized spacial score (nSPS) is 10.3. The summed E-state index contributed by atoms with van der Waals surface area (Å²) < 4.78 is 6.54. The van der Waals surface area contributed by atoms with Gasteiger partial charge in [-0.2, -0.15) is 0 Å². The molecule has 2 aromatic rings. The van der Waals surface area contributed by atoms with Crippen LogP contribution in [-0.4, -0.2) is 5.75 Å². The Kier molecular flexibility index (Phi) is 9.02. The minimum atomic E-state index is 1.03. The van der Waals surface area contributed by atoms with Gasteiger partial charge in [0.25, 0.3) is 0 Å². The van der Waals surface area contributed by atoms with E-state index < -0.39 is 0 Å². The second-order valence-electron chi connectivity index (χ2n) is 5.30. The van der Waals surface area contributed by atoms with Crippen LogP contribution in [0.4, 0.5) is 0 Å². The number of furan rings is 1. The van der Waals surface area contributed by atoms with E-state index in [1.54, 1.807) is 17.1 Å². The van der Waals surface area contributed by atoms with Crippen LogP contribution in [0.3, 0.4) is 0 Å². The first-order valence-electron chi connectivity index (χ1n) is 7.44. The van der Waals surface area contributed by atoms with E-state index in [1.807, 2.05) is 23.8 Å². The summed E-state index contributed by atoms with van der Waals surface area (Å²) in [6.45, 7) is 12.9. The molecule has 122 valence electrons. The van der Waals surface area contributed by atoms with Crippen molar-refractivity contribution < 1.29 is 4.42 Å². The van der Waals surface area contributed by atoms with Crippen LogP contribution in [0, 0.1) is 38.2 Å². The monoisotopic (exact) mass is 448 g/mol. The largest absolute Gasteiger partial charge is 0.468 e. The molecule has 0 saturated carbocycles. The molecule has 0 aliphatic rings. The molecule has 0 fully saturated rings. The van der Waals surface area contributed by atoms with E-state index in [1.165, 1.54) is 42.9 Å². The fourth-order valence-electron chi connectivity index (χ4n) is 1.81. The predicted molar refractivity (Wildman–Crippen MR) is 110 cm³/mol. The standard InChI is InChI=1S/C10H13I.C8H12OS2/c1-6-5-10(11)9(4)8(3)7(6)2;1-3-6-10-11-8-4-5-9-7(8)2/h5H,1-4H3;4-5H,3,6H2,1-2H3. The summed E-state index contributed by atoms with van der Waals surface area (Å²) in [4.78, 5) is 1.25. The Hall–Kier alpha value is -0.0700. The van der Waals surface area contributed by atoms with Crippen molar-refractivity contribution in [2.24, 2.45) is 0 Å². The minimum absolute atomic E-state index is 1.03. The Labute approximate surface area is 156 Å². The van der Waals surface area contributed by atoms with Crippen LogP contribution in [0.15, 0.2) is 27.7 Å². The van der Waals surface area contributed by atoms with Crippen LogP contribution in [-0.2, 0) is 0 Å². The maximum absolute atomic E-state index is 5.16. The summed E-state index contributed by atoms with van der Waals surface area (Å²) in [6, 6.07) is 4.26. The molecule has 4 heteroatoms. The van der Waals surface area contributed by atoms with E-state index in [-0.39, 0.29) is 0 Å². The van der Waals surface area contributed by atoms with Gasteiger partial charge in [-0.3, -0.25) is 0 Å². The first-order valence-corrected chi connectivity index (χ1v) is 10.8. The Morgan fingerprint density at radius 2 is 1.73 bits per heavy atom. The van der Waals surface area contributed by atoms with E-state index in [0.717, 1.165) is 5.76 Å². The fraction of sp³-hybridized carbons (Fsp3) is 0.444. The maximum atomic E-state index is 5.16. The first-order chi connectivity index (χ1) is 10.4. The van der Waals surface area contributed by atoms with Gasteiger partial charge in [0.15, 0.2) is 0 Å². The molecule has 0 bridgehead atoms. The summed E-state index contributed by atoms with van der Waals surface area (Å²) in [6.07, 6.45) is 2.97. The number of benzene rings is 1. The van der Waals surface area contributed by atoms with E-state index in [9.17, 15) is 0 Å². The quantitative estimate of drug-likeness (QED) is 0.278. The third-order valence-electron chi connectivity index (χ3n) is 3.67. The smallest absolute Gasteiger partial charge is 0.115 e. The number of hydrogen-bond acceptors (Lipinski definition) is 3. The minimum Gasteiger partial charge on any atom is -0.468 e. The Bertz CT molecular complexity index is 579. The van der Waals surface area contributed by atoms with Gasteiger partial charge in [0.05, 0.1) is 11.2 Å². The average molecular weight is 448 g/mol. The van der Waals surface area contributed by atoms with Crippen molar-refractivity contribution >= 4 is 44.2 Å². The SMILES string of the molecule is CCCSSc1ccoc1C.Cc1cc(I)c(C)c(C)c1C. The van der Waals surface area contributed by atoms with Crippen molar-refractivity contribution in [2.75, 3.05) is 5.75 Å². The number of rotatable bonds is 4. The summed E-state index contributed by atoms with van der Waals surface area (Å²) in [5.74, 6) is 2.23. The summed E-state index contributed by atoms with van der Waals surface area (Å²) in [5.41, 5.74) is 5.70. The average Bonchev–Trinajstić information content (AvgIpc) is 2.90. The highest BCUT2D eigenvalue weighted by molar-refractivity contribution is 14.1. The third kappa shape index (κ3) is 5.85. The Morgan fingerprint density at radius 3 is 2.27 bits per heavy atom. The highest BCUT2D eigenvalue weighted by atomic mass is 127. The Balaban J connectivity index is 0.000000220. The van der Waals surface area contributed by atoms with Crippen molar-refractivity contribution in [2.45, 2.75) is 52.9 Å². The number of hydrogen-bond donors (Lipinski definition) is 0. The van der Waals surface area contributed by atoms with Gasteiger partial charge in [-0.1, -0.05) is 28.5 Å². The van der Waals surface area contributed by atoms with Crippen molar-refractivity contribution in [1.82, 2.24) is 0 Å². The van der Waals surface area contributed by atoms with Gasteiger partial charge in [-0.25, -0.2) is 0 Å². The van der Waals surface area contributed by atoms with Crippen molar-refractivity contribution in [1.29, 1.82) is 0 Å². The molecule has 0 aliphatic heterocycles. The molecule has 0 radical (unpaired) electrons. The predicted octanol–water partition coefficient (Wildman–Crippen LogP) is 7.26. The molecule has 0 aliphatic carbocycles. The van der Waals surface area contributed by atoms with Gasteiger partial charge >= 0.3 is 0 Å². The molecule has 0 N–H and O–H groups in total. The lowest BCUT2D eigenvalue weighted by molar-refractivity contribution is 0.527. The zero-order valence-electron chi connectivity index (χ0n) is 14.2. The highest BCUT2D eigenvalue weighted by Gasteiger charge is 2.03. The molecule has 1 heterocycles. The molecule has 1 aromatic heterocycles. The molecule has 0 atom stereocenters. The number of halogens is 1. The van der Waals surface area contributed by atoms with Gasteiger partial charge in [0.2, 0.25) is 0 Å². The van der Waals surface area contributed by atoms with Crippen LogP contribution in [0.5, 0.6) is 0 Å². The second-order valence-corrected chi connectivity index (χ2v) is 8.92. The molecule has 22 heavy (non-hydrogen) atoms. The zero-order chi connectivity index (χ0) is 16.7. The molecule has 1 nitrogen and oxygen atoms in total. The molecule has 0 saturated heterocycles. The fourth-order valence-corrected chi connectivity index (χ4v) is 4.99. The van der Waals surface area contributed by atoms with Crippen LogP contribution >= 0.6 is 44.2 Å². The summed E-state index contributed by atoms with van der Waals surface area (Å²) >= 11 is 2.39. The zero-order valence-corrected chi connectivity index (χ0v) is 18.0. The van der Waals surface area contributed by atoms with Crippen molar-refractivity contribution in [3.63, 3.8) is 0 Å². The lowest BCUT2D eigenvalue weighted by Crippen LogP contribution is -1.93. The lowest BCUT2D eigenvalue weighted by atomic mass is 10.0. The van der Waals surface area contributed by atoms with Crippen LogP contribution in [0.25, 0.3) is 0 Å². The van der Waals surface area contributed by atoms with Crippen LogP contribution in [0.2, 0.25) is 0 Å². The van der Waals surface area contributed by atoms with Gasteiger partial charge in [0, 0.05) is 9.32 Å². The van der Waals surface area contributed by atoms with Gasteiger partial charge < -0.3 is 4.42 Å². The highest BCUT2D eigenvalue weighted by Crippen LogP contribution is 2.33. The van der Waals surface area contributed by atoms with E-state index in [0.29, 0.717) is 0 Å². The van der Waals surface area contributed by atoms with Gasteiger partial charge in [0.1, 0.15) is 5.76 Å². The summed E-state index contributed by atoms with van der Waals surface area (Å²) in [7, 11) is 3.68. The molecule has 0 unspecified atom stereocenters. The van der Waals surface area contributed by atoms with E-state index >= 15 is 0 Å². The Morgan fingerprint density at radius 1 is 1.05 bits per heavy atom. The molecule has 0 spiro atoms. The maximum Gasteiger partial charge on any atom is 0.115 e. The van der Waals surface area contributed by atoms with Crippen LogP contribution in [0.1, 0.15) is 41.4 Å². The van der Waals surface area contributed by atoms with Crippen molar-refractivity contribution in [3.05, 3.63) is 50.0 Å². The summed E-state index contributed by atoms with van der Waals surface area (Å²) in [5, 5.41) is 0. The molecule has 2 rings (SSSR count). The van der Waals surface area contributed by atoms with E-state index in [2.05, 4.69) is 63.3 Å². The van der Waals surface area contributed by atoms with Gasteiger partial charge in [-0.05, 0) is 98.0 Å². The third-order valence-corrected chi connectivity index (χ3v) is 7.47. The number of aryl methyl sites for hydroxylation is 2. The van der Waals surface area contributed by atoms with E-state index in [4.69, 9.17) is 4.42 Å². The topological polar surface area (TPSA) is 13.1 Å². The molecule has 0 amide bonds. The lowest BCUT2D eigenvalue weighted by Gasteiger charge is -2.09. The van der Waals surface area contributed by atoms with Crippen LogP contribution < -0.4 is 0 Å². The second kappa shape index (κ2) is 9.93. The molecular weight excluding hydrogens is 423 g/mol.